The van der Waals surface area contributed by atoms with Crippen molar-refractivity contribution < 1.29 is 9.59 Å². The molecule has 82 valence electrons. The monoisotopic (exact) mass is 209 g/mol. The highest BCUT2D eigenvalue weighted by atomic mass is 16.2. The summed E-state index contributed by atoms with van der Waals surface area (Å²) in [5.41, 5.74) is 5.24. The summed E-state index contributed by atoms with van der Waals surface area (Å²) in [6.45, 7) is 0. The molecule has 0 spiro atoms. The molecule has 1 aliphatic carbocycles. The smallest absolute Gasteiger partial charge is 0.239 e. The summed E-state index contributed by atoms with van der Waals surface area (Å²) >= 11 is 0. The molecule has 0 saturated heterocycles. The van der Waals surface area contributed by atoms with Crippen molar-refractivity contribution in [2.45, 2.75) is 25.7 Å². The van der Waals surface area contributed by atoms with E-state index < -0.39 is 17.7 Å². The molecular weight excluding hydrogens is 194 g/mol. The van der Waals surface area contributed by atoms with Gasteiger partial charge >= 0.3 is 0 Å². The summed E-state index contributed by atoms with van der Waals surface area (Å²) in [5.74, 6) is -1.52. The quantitative estimate of drug-likeness (QED) is 0.521. The van der Waals surface area contributed by atoms with Crippen LogP contribution in [0.15, 0.2) is 0 Å². The highest BCUT2D eigenvalue weighted by Gasteiger charge is 2.35. The zero-order valence-corrected chi connectivity index (χ0v) is 8.77. The molecule has 1 saturated carbocycles. The van der Waals surface area contributed by atoms with Gasteiger partial charge in [-0.25, -0.2) is 0 Å². The van der Waals surface area contributed by atoms with E-state index in [1.165, 1.54) is 7.05 Å². The summed E-state index contributed by atoms with van der Waals surface area (Å²) in [6.07, 6.45) is 4.90. The van der Waals surface area contributed by atoms with Crippen LogP contribution in [0.3, 0.4) is 0 Å². The number of nitrogens with zero attached hydrogens (tertiary/aromatic N) is 2. The molecule has 0 radical (unpaired) electrons. The molecule has 0 aromatic carbocycles. The number of carbonyl (C=O) groups is 2. The van der Waals surface area contributed by atoms with Gasteiger partial charge < -0.3 is 5.73 Å². The van der Waals surface area contributed by atoms with Crippen molar-refractivity contribution in [3.05, 3.63) is 0 Å². The molecule has 0 aromatic rings. The van der Waals surface area contributed by atoms with E-state index in [1.807, 2.05) is 0 Å². The highest BCUT2D eigenvalue weighted by Crippen LogP contribution is 2.30. The first-order valence-corrected chi connectivity index (χ1v) is 5.04. The lowest BCUT2D eigenvalue weighted by Crippen LogP contribution is -2.41. The van der Waals surface area contributed by atoms with Crippen molar-refractivity contribution >= 4 is 11.8 Å². The number of amides is 2. The van der Waals surface area contributed by atoms with E-state index in [1.54, 1.807) is 6.19 Å². The van der Waals surface area contributed by atoms with Crippen LogP contribution in [0.1, 0.15) is 25.7 Å². The van der Waals surface area contributed by atoms with Gasteiger partial charge in [-0.2, -0.15) is 5.26 Å². The van der Waals surface area contributed by atoms with E-state index >= 15 is 0 Å². The van der Waals surface area contributed by atoms with E-state index in [2.05, 4.69) is 0 Å². The first-order valence-electron chi connectivity index (χ1n) is 5.04. The predicted octanol–water partition coefficient (Wildman–Crippen LogP) is 0.218. The van der Waals surface area contributed by atoms with Crippen LogP contribution in [0.5, 0.6) is 0 Å². The van der Waals surface area contributed by atoms with E-state index in [0.717, 1.165) is 17.7 Å². The Hall–Kier alpha value is -1.57. The van der Waals surface area contributed by atoms with Crippen molar-refractivity contribution in [2.24, 2.45) is 17.6 Å². The lowest BCUT2D eigenvalue weighted by atomic mass is 9.78. The first kappa shape index (κ1) is 11.5. The number of carbonyl (C=O) groups excluding carboxylic acids is 2. The largest absolute Gasteiger partial charge is 0.369 e. The Morgan fingerprint density at radius 2 is 1.87 bits per heavy atom. The van der Waals surface area contributed by atoms with E-state index in [-0.39, 0.29) is 5.91 Å². The molecule has 15 heavy (non-hydrogen) atoms. The Kier molecular flexibility index (Phi) is 3.67. The molecule has 1 aliphatic rings. The van der Waals surface area contributed by atoms with E-state index in [0.29, 0.717) is 12.8 Å². The molecule has 2 unspecified atom stereocenters. The van der Waals surface area contributed by atoms with Crippen molar-refractivity contribution in [1.29, 1.82) is 5.26 Å². The third-order valence-corrected chi connectivity index (χ3v) is 2.93. The number of nitrogens with two attached hydrogens (primary N) is 1. The second-order valence-electron chi connectivity index (χ2n) is 3.90. The number of rotatable bonds is 2. The summed E-state index contributed by atoms with van der Waals surface area (Å²) in [5, 5.41) is 8.60. The zero-order valence-electron chi connectivity index (χ0n) is 8.77. The predicted molar refractivity (Wildman–Crippen MR) is 53.0 cm³/mol. The maximum Gasteiger partial charge on any atom is 0.239 e. The number of hydrogen-bond donors (Lipinski definition) is 1. The van der Waals surface area contributed by atoms with Crippen LogP contribution in [-0.4, -0.2) is 23.8 Å². The number of hydrogen-bond acceptors (Lipinski definition) is 3. The topological polar surface area (TPSA) is 87.2 Å². The zero-order chi connectivity index (χ0) is 11.4. The van der Waals surface area contributed by atoms with Gasteiger partial charge in [0.05, 0.1) is 5.92 Å². The van der Waals surface area contributed by atoms with Gasteiger partial charge in [-0.15, -0.1) is 0 Å². The van der Waals surface area contributed by atoms with Crippen LogP contribution in [-0.2, 0) is 9.59 Å². The molecule has 5 heteroatoms. The molecule has 1 rings (SSSR count). The second kappa shape index (κ2) is 4.78. The molecule has 0 heterocycles. The van der Waals surface area contributed by atoms with Gasteiger partial charge in [0.25, 0.3) is 0 Å². The normalized spacial score (nSPS) is 25.3. The molecule has 2 atom stereocenters. The summed E-state index contributed by atoms with van der Waals surface area (Å²) < 4.78 is 0. The van der Waals surface area contributed by atoms with Crippen LogP contribution in [0.25, 0.3) is 0 Å². The van der Waals surface area contributed by atoms with Gasteiger partial charge in [-0.1, -0.05) is 12.8 Å². The minimum absolute atomic E-state index is 0.291. The highest BCUT2D eigenvalue weighted by molar-refractivity contribution is 5.87. The number of primary amides is 1. The average molecular weight is 209 g/mol. The van der Waals surface area contributed by atoms with Crippen LogP contribution >= 0.6 is 0 Å². The van der Waals surface area contributed by atoms with Gasteiger partial charge in [0, 0.05) is 13.0 Å². The molecule has 0 bridgehead atoms. The summed E-state index contributed by atoms with van der Waals surface area (Å²) in [7, 11) is 1.41. The average Bonchev–Trinajstić information content (AvgIpc) is 2.27. The third kappa shape index (κ3) is 2.46. The van der Waals surface area contributed by atoms with Crippen LogP contribution in [0.2, 0.25) is 0 Å². The molecule has 1 fully saturated rings. The Morgan fingerprint density at radius 3 is 2.33 bits per heavy atom. The first-order chi connectivity index (χ1) is 7.07. The van der Waals surface area contributed by atoms with Crippen LogP contribution < -0.4 is 5.73 Å². The lowest BCUT2D eigenvalue weighted by molar-refractivity contribution is -0.139. The van der Waals surface area contributed by atoms with Gasteiger partial charge in [-0.3, -0.25) is 14.5 Å². The van der Waals surface area contributed by atoms with Gasteiger partial charge in [-0.05, 0) is 12.8 Å². The fraction of sp³-hybridized carbons (Fsp3) is 0.700. The molecule has 2 amide bonds. The second-order valence-corrected chi connectivity index (χ2v) is 3.90. The van der Waals surface area contributed by atoms with Crippen LogP contribution in [0, 0.1) is 23.3 Å². The van der Waals surface area contributed by atoms with E-state index in [4.69, 9.17) is 11.0 Å². The Bertz CT molecular complexity index is 308. The van der Waals surface area contributed by atoms with Crippen LogP contribution in [0.4, 0.5) is 0 Å². The molecule has 5 nitrogen and oxygen atoms in total. The van der Waals surface area contributed by atoms with Gasteiger partial charge in [0.1, 0.15) is 0 Å². The van der Waals surface area contributed by atoms with Crippen molar-refractivity contribution in [1.82, 2.24) is 4.90 Å². The molecular formula is C10H15N3O2. The maximum absolute atomic E-state index is 11.7. The fourth-order valence-corrected chi connectivity index (χ4v) is 2.07. The molecule has 0 aliphatic heterocycles. The third-order valence-electron chi connectivity index (χ3n) is 2.93. The van der Waals surface area contributed by atoms with Crippen molar-refractivity contribution in [2.75, 3.05) is 7.05 Å². The molecule has 0 aromatic heterocycles. The summed E-state index contributed by atoms with van der Waals surface area (Å²) in [6, 6.07) is 0. The SMILES string of the molecule is CN(C#N)C(=O)C1CCCCC1C(N)=O. The van der Waals surface area contributed by atoms with Crippen molar-refractivity contribution in [3.8, 4) is 6.19 Å². The minimum Gasteiger partial charge on any atom is -0.369 e. The summed E-state index contributed by atoms with van der Waals surface area (Å²) in [4.78, 5) is 23.9. The molecule has 2 N–H and O–H groups in total. The van der Waals surface area contributed by atoms with Gasteiger partial charge in [0.2, 0.25) is 11.8 Å². The standard InChI is InChI=1S/C10H15N3O2/c1-13(6-11)10(15)8-5-3-2-4-7(8)9(12)14/h7-8H,2-5H2,1H3,(H2,12,14). The Morgan fingerprint density at radius 1 is 1.33 bits per heavy atom. The maximum atomic E-state index is 11.7. The van der Waals surface area contributed by atoms with Crippen molar-refractivity contribution in [3.63, 3.8) is 0 Å². The Labute approximate surface area is 88.8 Å². The van der Waals surface area contributed by atoms with Gasteiger partial charge in [0.15, 0.2) is 6.19 Å². The van der Waals surface area contributed by atoms with E-state index in [9.17, 15) is 9.59 Å². The Balaban J connectivity index is 2.77. The number of nitriles is 1. The fourth-order valence-electron chi connectivity index (χ4n) is 2.07. The minimum atomic E-state index is -0.431. The lowest BCUT2D eigenvalue weighted by Gasteiger charge is -2.29.